The molecule has 4 aromatic rings. The summed E-state index contributed by atoms with van der Waals surface area (Å²) in [5.74, 6) is 0. The van der Waals surface area contributed by atoms with Crippen molar-refractivity contribution in [2.24, 2.45) is 0 Å². The fourth-order valence-corrected chi connectivity index (χ4v) is 13.6. The molecule has 1 unspecified atom stereocenters. The molecular formula is C30H30BrP. The summed E-state index contributed by atoms with van der Waals surface area (Å²) in [5, 5.41) is 1.10. The summed E-state index contributed by atoms with van der Waals surface area (Å²) in [6.45, 7) is 2.43. The standard InChI is InChI=1S/C30H30BrP/c1-24(26-22-21-25-13-11-12-14-27(25)23-26)32(31,28-15-5-2-6-16-28,29-17-7-3-8-18-29)30-19-9-4-10-20-30/h2-10,15-24H,11-14H2,1H3. The molecule has 1 aliphatic carbocycles. The monoisotopic (exact) mass is 500 g/mol. The molecule has 0 saturated heterocycles. The second-order valence-electron chi connectivity index (χ2n) is 8.99. The predicted octanol–water partition coefficient (Wildman–Crippen LogP) is 7.47. The fourth-order valence-electron chi connectivity index (χ4n) is 5.57. The molecule has 0 N–H and O–H groups in total. The zero-order valence-corrected chi connectivity index (χ0v) is 21.1. The topological polar surface area (TPSA) is 0 Å². The number of benzene rings is 4. The van der Waals surface area contributed by atoms with E-state index in [1.807, 2.05) is 0 Å². The van der Waals surface area contributed by atoms with Crippen molar-refractivity contribution in [2.75, 3.05) is 0 Å². The summed E-state index contributed by atoms with van der Waals surface area (Å²) in [6.07, 6.45) is 5.05. The van der Waals surface area contributed by atoms with Crippen LogP contribution in [0.1, 0.15) is 42.1 Å². The van der Waals surface area contributed by atoms with Crippen molar-refractivity contribution in [3.05, 3.63) is 126 Å². The fraction of sp³-hybridized carbons (Fsp3) is 0.200. The zero-order chi connectivity index (χ0) is 22.0. The van der Waals surface area contributed by atoms with Gasteiger partial charge in [-0.25, -0.2) is 0 Å². The Balaban J connectivity index is 1.84. The van der Waals surface area contributed by atoms with Crippen LogP contribution in [-0.4, -0.2) is 0 Å². The van der Waals surface area contributed by atoms with E-state index in [2.05, 4.69) is 132 Å². The van der Waals surface area contributed by atoms with Gasteiger partial charge in [-0.3, -0.25) is 0 Å². The van der Waals surface area contributed by atoms with Crippen LogP contribution < -0.4 is 15.9 Å². The van der Waals surface area contributed by atoms with E-state index in [-0.39, 0.29) is 5.66 Å². The first kappa shape index (κ1) is 21.6. The molecule has 0 radical (unpaired) electrons. The quantitative estimate of drug-likeness (QED) is 0.249. The Morgan fingerprint density at radius 1 is 0.594 bits per heavy atom. The Hall–Kier alpha value is -2.21. The molecule has 2 heteroatoms. The Morgan fingerprint density at radius 2 is 1.03 bits per heavy atom. The van der Waals surface area contributed by atoms with E-state index in [4.69, 9.17) is 0 Å². The third-order valence-corrected chi connectivity index (χ3v) is 18.6. The molecule has 32 heavy (non-hydrogen) atoms. The molecule has 0 amide bonds. The van der Waals surface area contributed by atoms with E-state index in [1.165, 1.54) is 47.2 Å². The molecule has 1 atom stereocenters. The molecule has 0 saturated carbocycles. The predicted molar refractivity (Wildman–Crippen MR) is 146 cm³/mol. The van der Waals surface area contributed by atoms with Gasteiger partial charge in [0.15, 0.2) is 0 Å². The minimum absolute atomic E-state index is 0.278. The maximum absolute atomic E-state index is 4.65. The number of fused-ring (bicyclic) bond motifs is 1. The molecule has 0 heterocycles. The molecule has 0 aromatic heterocycles. The number of hydrogen-bond donors (Lipinski definition) is 0. The number of halogens is 1. The van der Waals surface area contributed by atoms with E-state index in [9.17, 15) is 0 Å². The molecule has 0 aliphatic heterocycles. The van der Waals surface area contributed by atoms with Crippen LogP contribution in [0.3, 0.4) is 0 Å². The van der Waals surface area contributed by atoms with Crippen molar-refractivity contribution in [1.29, 1.82) is 0 Å². The molecule has 0 bridgehead atoms. The summed E-state index contributed by atoms with van der Waals surface area (Å²) in [7, 11) is 0. The van der Waals surface area contributed by atoms with Gasteiger partial charge < -0.3 is 0 Å². The molecular weight excluding hydrogens is 471 g/mol. The first-order chi connectivity index (χ1) is 15.6. The minimum atomic E-state index is -3.02. The van der Waals surface area contributed by atoms with Crippen LogP contribution in [0.4, 0.5) is 0 Å². The number of rotatable bonds is 5. The normalized spacial score (nSPS) is 15.9. The van der Waals surface area contributed by atoms with Crippen molar-refractivity contribution in [2.45, 2.75) is 38.3 Å². The Morgan fingerprint density at radius 3 is 1.50 bits per heavy atom. The first-order valence-corrected chi connectivity index (χ1v) is 16.0. The molecule has 0 fully saturated rings. The van der Waals surface area contributed by atoms with Crippen molar-refractivity contribution in [3.8, 4) is 0 Å². The van der Waals surface area contributed by atoms with E-state index in [0.717, 1.165) is 0 Å². The Labute approximate surface area is 200 Å². The van der Waals surface area contributed by atoms with Gasteiger partial charge in [0.2, 0.25) is 0 Å². The van der Waals surface area contributed by atoms with Crippen LogP contribution in [0.25, 0.3) is 0 Å². The zero-order valence-electron chi connectivity index (χ0n) is 18.6. The molecule has 5 rings (SSSR count). The van der Waals surface area contributed by atoms with Crippen LogP contribution >= 0.6 is 20.8 Å². The van der Waals surface area contributed by atoms with Gasteiger partial charge >= 0.3 is 201 Å². The summed E-state index contributed by atoms with van der Waals surface area (Å²) < 4.78 is 0. The second kappa shape index (κ2) is 8.62. The summed E-state index contributed by atoms with van der Waals surface area (Å²) >= 11 is 4.65. The first-order valence-electron chi connectivity index (χ1n) is 11.6. The van der Waals surface area contributed by atoms with E-state index in [1.54, 1.807) is 11.1 Å². The van der Waals surface area contributed by atoms with Crippen LogP contribution in [0.2, 0.25) is 0 Å². The summed E-state index contributed by atoms with van der Waals surface area (Å²) in [5.41, 5.74) is 4.80. The van der Waals surface area contributed by atoms with Gasteiger partial charge in [-0.05, 0) is 0 Å². The third-order valence-electron chi connectivity index (χ3n) is 7.37. The summed E-state index contributed by atoms with van der Waals surface area (Å²) in [6, 6.07) is 40.7. The van der Waals surface area contributed by atoms with Crippen molar-refractivity contribution in [1.82, 2.24) is 0 Å². The van der Waals surface area contributed by atoms with Crippen molar-refractivity contribution >= 4 is 36.7 Å². The van der Waals surface area contributed by atoms with Gasteiger partial charge in [-0.15, -0.1) is 0 Å². The molecule has 0 nitrogen and oxygen atoms in total. The van der Waals surface area contributed by atoms with Crippen molar-refractivity contribution in [3.63, 3.8) is 0 Å². The molecule has 4 aromatic carbocycles. The van der Waals surface area contributed by atoms with Gasteiger partial charge in [0.05, 0.1) is 0 Å². The number of hydrogen-bond acceptors (Lipinski definition) is 0. The average Bonchev–Trinajstić information content (AvgIpc) is 2.89. The van der Waals surface area contributed by atoms with Gasteiger partial charge in [-0.2, -0.15) is 0 Å². The third kappa shape index (κ3) is 3.30. The van der Waals surface area contributed by atoms with E-state index >= 15 is 0 Å². The molecule has 1 aliphatic rings. The second-order valence-corrected chi connectivity index (χ2v) is 17.9. The number of aryl methyl sites for hydroxylation is 2. The Kier molecular flexibility index (Phi) is 5.82. The van der Waals surface area contributed by atoms with Crippen LogP contribution in [0.5, 0.6) is 0 Å². The van der Waals surface area contributed by atoms with E-state index in [0.29, 0.717) is 0 Å². The van der Waals surface area contributed by atoms with Gasteiger partial charge in [0.25, 0.3) is 0 Å². The van der Waals surface area contributed by atoms with E-state index < -0.39 is 5.31 Å². The van der Waals surface area contributed by atoms with Crippen LogP contribution in [-0.2, 0) is 12.8 Å². The van der Waals surface area contributed by atoms with Gasteiger partial charge in [0, 0.05) is 0 Å². The van der Waals surface area contributed by atoms with Crippen molar-refractivity contribution < 1.29 is 0 Å². The van der Waals surface area contributed by atoms with Crippen LogP contribution in [0.15, 0.2) is 109 Å². The SMILES string of the molecule is CC(c1ccc2c(c1)CCCC2)P(Br)(c1ccccc1)(c1ccccc1)c1ccccc1. The van der Waals surface area contributed by atoms with Crippen LogP contribution in [0, 0.1) is 0 Å². The maximum atomic E-state index is 4.65. The molecule has 0 spiro atoms. The van der Waals surface area contributed by atoms with Gasteiger partial charge in [-0.1, -0.05) is 0 Å². The molecule has 162 valence electrons. The van der Waals surface area contributed by atoms with Gasteiger partial charge in [0.1, 0.15) is 0 Å². The Bertz CT molecular complexity index is 1100. The average molecular weight is 501 g/mol. The summed E-state index contributed by atoms with van der Waals surface area (Å²) in [4.78, 5) is 0.